The van der Waals surface area contributed by atoms with E-state index in [1.165, 1.54) is 31.4 Å². The van der Waals surface area contributed by atoms with Crippen molar-refractivity contribution in [2.45, 2.75) is 4.90 Å². The molecule has 0 atom stereocenters. The predicted molar refractivity (Wildman–Crippen MR) is 77.2 cm³/mol. The quantitative estimate of drug-likeness (QED) is 0.883. The number of nitrogens with one attached hydrogen (secondary N) is 1. The number of hydrogen-bond acceptors (Lipinski definition) is 4. The van der Waals surface area contributed by atoms with Crippen molar-refractivity contribution < 1.29 is 23.1 Å². The number of sulfonamides is 1. The standard InChI is InChI=1S/C14H13NO5S/c1-20-12-4-2-3-11(9-12)15-21(18,19)13-7-5-10(6-8-13)14(16)17/h2-9,15H,1H3,(H,16,17). The summed E-state index contributed by atoms with van der Waals surface area (Å²) in [5.74, 6) is -0.587. The minimum atomic E-state index is -3.78. The van der Waals surface area contributed by atoms with Crippen LogP contribution in [-0.4, -0.2) is 26.6 Å². The summed E-state index contributed by atoms with van der Waals surface area (Å²) in [7, 11) is -2.29. The van der Waals surface area contributed by atoms with Crippen molar-refractivity contribution in [2.75, 3.05) is 11.8 Å². The SMILES string of the molecule is COc1cccc(NS(=O)(=O)c2ccc(C(=O)O)cc2)c1. The molecule has 0 aliphatic heterocycles. The van der Waals surface area contributed by atoms with E-state index in [1.54, 1.807) is 24.3 Å². The van der Waals surface area contributed by atoms with Gasteiger partial charge in [-0.3, -0.25) is 4.72 Å². The van der Waals surface area contributed by atoms with E-state index < -0.39 is 16.0 Å². The summed E-state index contributed by atoms with van der Waals surface area (Å²) in [5.41, 5.74) is 0.381. The van der Waals surface area contributed by atoms with Crippen LogP contribution in [0.2, 0.25) is 0 Å². The first kappa shape index (κ1) is 14.9. The van der Waals surface area contributed by atoms with E-state index in [9.17, 15) is 13.2 Å². The molecule has 0 spiro atoms. The minimum Gasteiger partial charge on any atom is -0.497 e. The van der Waals surface area contributed by atoms with Crippen molar-refractivity contribution in [1.29, 1.82) is 0 Å². The lowest BCUT2D eigenvalue weighted by Gasteiger charge is -2.09. The lowest BCUT2D eigenvalue weighted by Crippen LogP contribution is -2.13. The van der Waals surface area contributed by atoms with E-state index in [1.807, 2.05) is 0 Å². The normalized spacial score (nSPS) is 10.9. The van der Waals surface area contributed by atoms with Crippen molar-refractivity contribution in [3.63, 3.8) is 0 Å². The molecule has 0 radical (unpaired) electrons. The van der Waals surface area contributed by atoms with Gasteiger partial charge in [-0.2, -0.15) is 0 Å². The first-order valence-electron chi connectivity index (χ1n) is 5.92. The second-order valence-electron chi connectivity index (χ2n) is 4.17. The number of benzene rings is 2. The molecule has 0 fully saturated rings. The molecule has 0 unspecified atom stereocenters. The summed E-state index contributed by atoms with van der Waals surface area (Å²) >= 11 is 0. The highest BCUT2D eigenvalue weighted by Crippen LogP contribution is 2.20. The van der Waals surface area contributed by atoms with Gasteiger partial charge >= 0.3 is 5.97 Å². The number of carbonyl (C=O) groups is 1. The third-order valence-corrected chi connectivity index (χ3v) is 4.13. The second kappa shape index (κ2) is 5.84. The Hall–Kier alpha value is -2.54. The number of aromatic carboxylic acids is 1. The maximum absolute atomic E-state index is 12.2. The largest absolute Gasteiger partial charge is 0.497 e. The van der Waals surface area contributed by atoms with Crippen molar-refractivity contribution in [3.05, 3.63) is 54.1 Å². The summed E-state index contributed by atoms with van der Waals surface area (Å²) < 4.78 is 31.8. The van der Waals surface area contributed by atoms with Crippen molar-refractivity contribution >= 4 is 21.7 Å². The number of ether oxygens (including phenoxy) is 1. The molecule has 2 rings (SSSR count). The summed E-state index contributed by atoms with van der Waals surface area (Å²) in [6.07, 6.45) is 0. The first-order chi connectivity index (χ1) is 9.92. The fourth-order valence-corrected chi connectivity index (χ4v) is 2.73. The predicted octanol–water partition coefficient (Wildman–Crippen LogP) is 2.19. The van der Waals surface area contributed by atoms with Crippen LogP contribution < -0.4 is 9.46 Å². The van der Waals surface area contributed by atoms with Crippen LogP contribution in [0.5, 0.6) is 5.75 Å². The van der Waals surface area contributed by atoms with Crippen molar-refractivity contribution in [1.82, 2.24) is 0 Å². The molecule has 110 valence electrons. The minimum absolute atomic E-state index is 0.0182. The molecule has 0 amide bonds. The zero-order chi connectivity index (χ0) is 15.5. The van der Waals surface area contributed by atoms with Gasteiger partial charge < -0.3 is 9.84 Å². The molecular formula is C14H13NO5S. The van der Waals surface area contributed by atoms with E-state index >= 15 is 0 Å². The topological polar surface area (TPSA) is 92.7 Å². The summed E-state index contributed by atoms with van der Waals surface area (Å²) in [6.45, 7) is 0. The molecular weight excluding hydrogens is 294 g/mol. The smallest absolute Gasteiger partial charge is 0.335 e. The molecule has 0 bridgehead atoms. The van der Waals surface area contributed by atoms with Crippen LogP contribution in [0, 0.1) is 0 Å². The Morgan fingerprint density at radius 2 is 1.81 bits per heavy atom. The fourth-order valence-electron chi connectivity index (χ4n) is 1.68. The highest BCUT2D eigenvalue weighted by Gasteiger charge is 2.15. The first-order valence-corrected chi connectivity index (χ1v) is 7.41. The van der Waals surface area contributed by atoms with Crippen LogP contribution in [0.3, 0.4) is 0 Å². The van der Waals surface area contributed by atoms with Gasteiger partial charge in [-0.1, -0.05) is 6.07 Å². The Bertz CT molecular complexity index is 753. The second-order valence-corrected chi connectivity index (χ2v) is 5.85. The van der Waals surface area contributed by atoms with E-state index in [0.717, 1.165) is 0 Å². The van der Waals surface area contributed by atoms with Crippen LogP contribution in [0.1, 0.15) is 10.4 Å². The van der Waals surface area contributed by atoms with E-state index in [2.05, 4.69) is 4.72 Å². The highest BCUT2D eigenvalue weighted by molar-refractivity contribution is 7.92. The van der Waals surface area contributed by atoms with Gasteiger partial charge in [0.25, 0.3) is 10.0 Å². The average Bonchev–Trinajstić information content (AvgIpc) is 2.47. The van der Waals surface area contributed by atoms with Crippen LogP contribution in [0.15, 0.2) is 53.4 Å². The Morgan fingerprint density at radius 1 is 1.14 bits per heavy atom. The molecule has 2 aromatic carbocycles. The Kier molecular flexibility index (Phi) is 4.13. The van der Waals surface area contributed by atoms with Crippen LogP contribution >= 0.6 is 0 Å². The molecule has 0 saturated carbocycles. The van der Waals surface area contributed by atoms with Gasteiger partial charge in [0.05, 0.1) is 23.3 Å². The molecule has 7 heteroatoms. The third-order valence-electron chi connectivity index (χ3n) is 2.73. The molecule has 0 aromatic heterocycles. The molecule has 21 heavy (non-hydrogen) atoms. The lowest BCUT2D eigenvalue weighted by molar-refractivity contribution is 0.0696. The number of anilines is 1. The third kappa shape index (κ3) is 3.51. The molecule has 2 aromatic rings. The summed E-state index contributed by atoms with van der Waals surface area (Å²) in [5, 5.41) is 8.79. The van der Waals surface area contributed by atoms with Gasteiger partial charge in [-0.25, -0.2) is 13.2 Å². The van der Waals surface area contributed by atoms with E-state index in [4.69, 9.17) is 9.84 Å². The average molecular weight is 307 g/mol. The zero-order valence-electron chi connectivity index (χ0n) is 11.1. The van der Waals surface area contributed by atoms with Gasteiger partial charge in [-0.05, 0) is 36.4 Å². The van der Waals surface area contributed by atoms with Crippen LogP contribution in [-0.2, 0) is 10.0 Å². The monoisotopic (exact) mass is 307 g/mol. The number of hydrogen-bond donors (Lipinski definition) is 2. The maximum Gasteiger partial charge on any atom is 0.335 e. The van der Waals surface area contributed by atoms with E-state index in [0.29, 0.717) is 11.4 Å². The summed E-state index contributed by atoms with van der Waals surface area (Å²) in [4.78, 5) is 10.7. The number of carboxylic acid groups (broad SMARTS) is 1. The van der Waals surface area contributed by atoms with Gasteiger partial charge in [0.15, 0.2) is 0 Å². The molecule has 6 nitrogen and oxygen atoms in total. The van der Waals surface area contributed by atoms with Gasteiger partial charge in [-0.15, -0.1) is 0 Å². The van der Waals surface area contributed by atoms with Crippen LogP contribution in [0.4, 0.5) is 5.69 Å². The van der Waals surface area contributed by atoms with Gasteiger partial charge in [0.2, 0.25) is 0 Å². The Morgan fingerprint density at radius 3 is 2.38 bits per heavy atom. The fraction of sp³-hybridized carbons (Fsp3) is 0.0714. The Labute approximate surface area is 122 Å². The number of methoxy groups -OCH3 is 1. The molecule has 0 saturated heterocycles. The molecule has 0 aliphatic rings. The zero-order valence-corrected chi connectivity index (χ0v) is 11.9. The number of carboxylic acids is 1. The Balaban J connectivity index is 2.27. The van der Waals surface area contributed by atoms with E-state index in [-0.39, 0.29) is 10.5 Å². The number of rotatable bonds is 5. The molecule has 2 N–H and O–H groups in total. The highest BCUT2D eigenvalue weighted by atomic mass is 32.2. The van der Waals surface area contributed by atoms with Crippen LogP contribution in [0.25, 0.3) is 0 Å². The maximum atomic E-state index is 12.2. The van der Waals surface area contributed by atoms with Crippen molar-refractivity contribution in [3.8, 4) is 5.75 Å². The van der Waals surface area contributed by atoms with Gasteiger partial charge in [0, 0.05) is 6.07 Å². The van der Waals surface area contributed by atoms with Crippen molar-refractivity contribution in [2.24, 2.45) is 0 Å². The summed E-state index contributed by atoms with van der Waals surface area (Å²) in [6, 6.07) is 11.4. The molecule has 0 heterocycles. The van der Waals surface area contributed by atoms with Gasteiger partial charge in [0.1, 0.15) is 5.75 Å². The molecule has 0 aliphatic carbocycles. The lowest BCUT2D eigenvalue weighted by atomic mass is 10.2.